The molecule has 3 aromatic carbocycles. The Balaban J connectivity index is 0.000000471. The molecule has 0 atom stereocenters. The summed E-state index contributed by atoms with van der Waals surface area (Å²) in [7, 11) is -1.18. The molecule has 0 heterocycles. The average Bonchev–Trinajstić information content (AvgIpc) is 2.63. The van der Waals surface area contributed by atoms with Crippen LogP contribution in [0.2, 0.25) is 0 Å². The second kappa shape index (κ2) is 8.60. The van der Waals surface area contributed by atoms with Gasteiger partial charge in [-0.05, 0) is 57.3 Å². The van der Waals surface area contributed by atoms with Gasteiger partial charge in [-0.25, -0.2) is 0 Å². The summed E-state index contributed by atoms with van der Waals surface area (Å²) in [6.07, 6.45) is 2.38. The molecule has 0 radical (unpaired) electrons. The van der Waals surface area contributed by atoms with Gasteiger partial charge < -0.3 is 0 Å². The number of alkyl halides is 3. The zero-order valence-electron chi connectivity index (χ0n) is 13.3. The topological polar surface area (TPSA) is 0 Å². The molecule has 126 valence electrons. The van der Waals surface area contributed by atoms with Crippen LogP contribution in [-0.2, 0) is 0 Å². The minimum Gasteiger partial charge on any atom is -0.174 e. The summed E-state index contributed by atoms with van der Waals surface area (Å²) < 4.78 is 29.0. The van der Waals surface area contributed by atoms with E-state index in [-0.39, 0.29) is 0 Å². The number of rotatable bonds is 3. The summed E-state index contributed by atoms with van der Waals surface area (Å²) >= 11 is 0. The Kier molecular flexibility index (Phi) is 6.50. The predicted molar refractivity (Wildman–Crippen MR) is 94.8 cm³/mol. The van der Waals surface area contributed by atoms with Gasteiger partial charge in [-0.2, -0.15) is 23.2 Å². The van der Waals surface area contributed by atoms with Crippen LogP contribution in [-0.4, -0.2) is 12.9 Å². The smallest absolute Gasteiger partial charge is 0.174 e. The van der Waals surface area contributed by atoms with Crippen molar-refractivity contribution in [2.75, 3.05) is 6.26 Å². The van der Waals surface area contributed by atoms with E-state index >= 15 is 0 Å². The van der Waals surface area contributed by atoms with Crippen LogP contribution in [0.5, 0.6) is 0 Å². The summed E-state index contributed by atoms with van der Waals surface area (Å²) in [5.74, 6) is 0. The highest BCUT2D eigenvalue weighted by atomic mass is 32.3. The van der Waals surface area contributed by atoms with Gasteiger partial charge in [0.05, 0.1) is 0 Å². The van der Waals surface area contributed by atoms with Gasteiger partial charge in [0.15, 0.2) is 0 Å². The largest absolute Gasteiger partial charge is 0.379 e. The Hall–Kier alpha value is -2.20. The predicted octanol–water partition coefficient (Wildman–Crippen LogP) is 6.78. The first kappa shape index (κ1) is 18.1. The SMILES string of the molecule is CS(c1ccccc1)(c1ccccc1)c1ccccc1.FC(F)F. The van der Waals surface area contributed by atoms with Gasteiger partial charge >= 0.3 is 6.68 Å². The third-order valence-electron chi connectivity index (χ3n) is 3.64. The molecule has 3 rings (SSSR count). The van der Waals surface area contributed by atoms with Gasteiger partial charge in [-0.1, -0.05) is 54.6 Å². The molecule has 0 aliphatic heterocycles. The van der Waals surface area contributed by atoms with Crippen LogP contribution < -0.4 is 0 Å². The molecule has 0 unspecified atom stereocenters. The Labute approximate surface area is 142 Å². The highest BCUT2D eigenvalue weighted by Crippen LogP contribution is 2.65. The average molecular weight is 348 g/mol. The van der Waals surface area contributed by atoms with E-state index in [0.717, 1.165) is 0 Å². The summed E-state index contributed by atoms with van der Waals surface area (Å²) in [6.45, 7) is -3.67. The fraction of sp³-hybridized carbons (Fsp3) is 0.100. The van der Waals surface area contributed by atoms with Gasteiger partial charge in [-0.15, -0.1) is 0 Å². The molecule has 0 N–H and O–H groups in total. The molecule has 0 saturated heterocycles. The van der Waals surface area contributed by atoms with E-state index in [1.165, 1.54) is 14.7 Å². The normalized spacial score (nSPS) is 11.5. The van der Waals surface area contributed by atoms with Gasteiger partial charge in [0.2, 0.25) is 0 Å². The molecule has 0 spiro atoms. The van der Waals surface area contributed by atoms with Crippen molar-refractivity contribution < 1.29 is 13.2 Å². The second-order valence-corrected chi connectivity index (χ2v) is 8.36. The molecule has 0 aliphatic carbocycles. The van der Waals surface area contributed by atoms with Gasteiger partial charge in [0.25, 0.3) is 0 Å². The second-order valence-electron chi connectivity index (χ2n) is 5.11. The monoisotopic (exact) mass is 348 g/mol. The minimum atomic E-state index is -3.67. The van der Waals surface area contributed by atoms with E-state index < -0.39 is 16.7 Å². The highest BCUT2D eigenvalue weighted by Gasteiger charge is 2.24. The highest BCUT2D eigenvalue weighted by molar-refractivity contribution is 8.33. The van der Waals surface area contributed by atoms with Crippen LogP contribution in [0.25, 0.3) is 0 Å². The number of hydrogen-bond donors (Lipinski definition) is 0. The fourth-order valence-electron chi connectivity index (χ4n) is 2.49. The van der Waals surface area contributed by atoms with Crippen molar-refractivity contribution in [2.45, 2.75) is 21.4 Å². The first-order valence-corrected chi connectivity index (χ1v) is 9.45. The lowest BCUT2D eigenvalue weighted by molar-refractivity contribution is 0.00819. The molecular formula is C20H19F3S. The molecule has 0 amide bonds. The Morgan fingerprint density at radius 2 is 0.750 bits per heavy atom. The maximum Gasteiger partial charge on any atom is 0.379 e. The van der Waals surface area contributed by atoms with Crippen molar-refractivity contribution in [3.8, 4) is 0 Å². The Morgan fingerprint density at radius 1 is 0.542 bits per heavy atom. The first-order chi connectivity index (χ1) is 11.5. The van der Waals surface area contributed by atoms with Crippen molar-refractivity contribution in [3.05, 3.63) is 91.0 Å². The van der Waals surface area contributed by atoms with Crippen molar-refractivity contribution in [1.29, 1.82) is 0 Å². The van der Waals surface area contributed by atoms with E-state index in [1.807, 2.05) is 0 Å². The van der Waals surface area contributed by atoms with E-state index in [4.69, 9.17) is 0 Å². The zero-order valence-corrected chi connectivity index (χ0v) is 14.1. The lowest BCUT2D eigenvalue weighted by Gasteiger charge is -2.37. The van der Waals surface area contributed by atoms with Crippen molar-refractivity contribution in [1.82, 2.24) is 0 Å². The van der Waals surface area contributed by atoms with Crippen LogP contribution in [0.1, 0.15) is 0 Å². The van der Waals surface area contributed by atoms with E-state index in [9.17, 15) is 13.2 Å². The summed E-state index contributed by atoms with van der Waals surface area (Å²) in [4.78, 5) is 4.20. The molecule has 4 heteroatoms. The van der Waals surface area contributed by atoms with Crippen molar-refractivity contribution >= 4 is 10.0 Å². The summed E-state index contributed by atoms with van der Waals surface area (Å²) in [5, 5.41) is 0. The fourth-order valence-corrected chi connectivity index (χ4v) is 5.41. The van der Waals surface area contributed by atoms with Crippen LogP contribution in [0.15, 0.2) is 106 Å². The molecule has 0 bridgehead atoms. The van der Waals surface area contributed by atoms with Crippen LogP contribution >= 0.6 is 10.0 Å². The van der Waals surface area contributed by atoms with Gasteiger partial charge in [0, 0.05) is 0 Å². The maximum atomic E-state index is 9.67. The molecular weight excluding hydrogens is 329 g/mol. The van der Waals surface area contributed by atoms with Crippen molar-refractivity contribution in [3.63, 3.8) is 0 Å². The standard InChI is InChI=1S/C19H18S.CHF3/c1-20(17-11-5-2-6-12-17,18-13-7-3-8-14-18)19-15-9-4-10-16-19;2-1(3)4/h2-16H,1H3;1H. The third-order valence-corrected chi connectivity index (χ3v) is 7.29. The summed E-state index contributed by atoms with van der Waals surface area (Å²) in [5.41, 5.74) is 0. The minimum absolute atomic E-state index is 1.18. The summed E-state index contributed by atoms with van der Waals surface area (Å²) in [6, 6.07) is 32.5. The quantitative estimate of drug-likeness (QED) is 0.489. The lowest BCUT2D eigenvalue weighted by Crippen LogP contribution is -2.01. The van der Waals surface area contributed by atoms with Crippen molar-refractivity contribution in [2.24, 2.45) is 0 Å². The Morgan fingerprint density at radius 3 is 0.958 bits per heavy atom. The molecule has 24 heavy (non-hydrogen) atoms. The molecule has 3 aromatic rings. The van der Waals surface area contributed by atoms with E-state index in [1.54, 1.807) is 0 Å². The molecule has 0 aromatic heterocycles. The maximum absolute atomic E-state index is 9.67. The number of hydrogen-bond acceptors (Lipinski definition) is 0. The van der Waals surface area contributed by atoms with Crippen LogP contribution in [0, 0.1) is 0 Å². The number of benzene rings is 3. The Bertz CT molecular complexity index is 616. The van der Waals surface area contributed by atoms with Crippen LogP contribution in [0.4, 0.5) is 13.2 Å². The van der Waals surface area contributed by atoms with Crippen LogP contribution in [0.3, 0.4) is 0 Å². The molecule has 0 saturated carbocycles. The molecule has 0 aliphatic rings. The molecule has 0 fully saturated rings. The van der Waals surface area contributed by atoms with E-state index in [2.05, 4.69) is 97.3 Å². The first-order valence-electron chi connectivity index (χ1n) is 7.41. The van der Waals surface area contributed by atoms with Gasteiger partial charge in [0.1, 0.15) is 0 Å². The van der Waals surface area contributed by atoms with Gasteiger partial charge in [-0.3, -0.25) is 0 Å². The number of halogens is 3. The van der Waals surface area contributed by atoms with E-state index in [0.29, 0.717) is 0 Å². The lowest BCUT2D eigenvalue weighted by atomic mass is 10.4. The molecule has 0 nitrogen and oxygen atoms in total. The third kappa shape index (κ3) is 4.42. The zero-order chi connectivity index (χ0) is 17.4.